The van der Waals surface area contributed by atoms with E-state index >= 15 is 0 Å². The Morgan fingerprint density at radius 1 is 1.42 bits per heavy atom. The number of carboxylic acids is 1. The van der Waals surface area contributed by atoms with Gasteiger partial charge < -0.3 is 15.0 Å². The number of rotatable bonds is 7. The van der Waals surface area contributed by atoms with Crippen LogP contribution in [0.2, 0.25) is 0 Å². The number of nitrogens with zero attached hydrogens (tertiary/aromatic N) is 1. The van der Waals surface area contributed by atoms with E-state index in [0.29, 0.717) is 18.7 Å². The van der Waals surface area contributed by atoms with Gasteiger partial charge in [0, 0.05) is 24.8 Å². The molecule has 1 aromatic rings. The van der Waals surface area contributed by atoms with Gasteiger partial charge in [-0.1, -0.05) is 6.07 Å². The van der Waals surface area contributed by atoms with Gasteiger partial charge in [0.25, 0.3) is 5.56 Å². The first-order valence-corrected chi connectivity index (χ1v) is 6.88. The summed E-state index contributed by atoms with van der Waals surface area (Å²) in [7, 11) is 0. The molecule has 6 nitrogen and oxygen atoms in total. The molecule has 1 heterocycles. The van der Waals surface area contributed by atoms with E-state index in [-0.39, 0.29) is 23.0 Å². The van der Waals surface area contributed by atoms with Crippen LogP contribution in [0.5, 0.6) is 0 Å². The van der Waals surface area contributed by atoms with Gasteiger partial charge in [0.1, 0.15) is 0 Å². The molecule has 7 heteroatoms. The topological polar surface area (TPSA) is 88.4 Å². The van der Waals surface area contributed by atoms with E-state index in [4.69, 9.17) is 5.11 Å². The Hall–Kier alpha value is -1.76. The van der Waals surface area contributed by atoms with Gasteiger partial charge in [0.05, 0.1) is 11.5 Å². The number of carboxylic acid groups (broad SMARTS) is 1. The van der Waals surface area contributed by atoms with Crippen molar-refractivity contribution in [1.29, 1.82) is 0 Å². The summed E-state index contributed by atoms with van der Waals surface area (Å²) in [4.78, 5) is 33.3. The molecule has 0 saturated carbocycles. The van der Waals surface area contributed by atoms with Crippen LogP contribution in [0.3, 0.4) is 0 Å². The summed E-state index contributed by atoms with van der Waals surface area (Å²) in [6.07, 6.45) is 1.67. The monoisotopic (exact) mass is 284 g/mol. The molecule has 0 unspecified atom stereocenters. The molecule has 0 aliphatic carbocycles. The summed E-state index contributed by atoms with van der Waals surface area (Å²) in [6, 6.07) is 3.52. The van der Waals surface area contributed by atoms with Crippen molar-refractivity contribution in [2.75, 3.05) is 18.1 Å². The average molecular weight is 284 g/mol. The minimum absolute atomic E-state index is 0.0722. The SMILES string of the molecule is Cc1cccn(CCNC(=O)CSCC(=O)O)c1=O. The summed E-state index contributed by atoms with van der Waals surface area (Å²) in [5.41, 5.74) is 0.586. The number of nitrogens with one attached hydrogen (secondary N) is 1. The van der Waals surface area contributed by atoms with Crippen LogP contribution in [-0.2, 0) is 16.1 Å². The maximum atomic E-state index is 11.7. The third-order valence-corrected chi connectivity index (χ3v) is 3.26. The fourth-order valence-corrected chi connectivity index (χ4v) is 1.99. The highest BCUT2D eigenvalue weighted by atomic mass is 32.2. The molecule has 19 heavy (non-hydrogen) atoms. The minimum Gasteiger partial charge on any atom is -0.481 e. The first kappa shape index (κ1) is 15.3. The molecule has 0 bridgehead atoms. The normalized spacial score (nSPS) is 10.2. The minimum atomic E-state index is -0.941. The zero-order valence-corrected chi connectivity index (χ0v) is 11.4. The lowest BCUT2D eigenvalue weighted by atomic mass is 10.3. The van der Waals surface area contributed by atoms with Crippen LogP contribution in [0.1, 0.15) is 5.56 Å². The largest absolute Gasteiger partial charge is 0.481 e. The van der Waals surface area contributed by atoms with Gasteiger partial charge in [-0.05, 0) is 13.0 Å². The predicted molar refractivity (Wildman–Crippen MR) is 73.4 cm³/mol. The summed E-state index contributed by atoms with van der Waals surface area (Å²) in [5.74, 6) is -1.16. The Balaban J connectivity index is 2.30. The Bertz CT molecular complexity index is 513. The number of carbonyl (C=O) groups excluding carboxylic acids is 1. The standard InChI is InChI=1S/C12H16N2O4S/c1-9-3-2-5-14(12(9)18)6-4-13-10(15)7-19-8-11(16)17/h2-3,5H,4,6-8H2,1H3,(H,13,15)(H,16,17). The van der Waals surface area contributed by atoms with Crippen molar-refractivity contribution in [1.82, 2.24) is 9.88 Å². The zero-order valence-electron chi connectivity index (χ0n) is 10.6. The fraction of sp³-hybridized carbons (Fsp3) is 0.417. The first-order chi connectivity index (χ1) is 9.00. The van der Waals surface area contributed by atoms with Crippen LogP contribution in [0, 0.1) is 6.92 Å². The van der Waals surface area contributed by atoms with Gasteiger partial charge in [0.15, 0.2) is 0 Å². The number of thioether (sulfide) groups is 1. The molecule has 1 rings (SSSR count). The Morgan fingerprint density at radius 2 is 2.16 bits per heavy atom. The van der Waals surface area contributed by atoms with Crippen LogP contribution in [0.4, 0.5) is 0 Å². The predicted octanol–water partition coefficient (Wildman–Crippen LogP) is 0.0907. The lowest BCUT2D eigenvalue weighted by Crippen LogP contribution is -2.32. The van der Waals surface area contributed by atoms with Crippen LogP contribution in [-0.4, -0.2) is 39.6 Å². The molecule has 0 spiro atoms. The summed E-state index contributed by atoms with van der Waals surface area (Å²) >= 11 is 1.04. The maximum absolute atomic E-state index is 11.7. The third-order valence-electron chi connectivity index (χ3n) is 2.34. The number of aliphatic carboxylic acids is 1. The van der Waals surface area contributed by atoms with Crippen LogP contribution in [0.15, 0.2) is 23.1 Å². The molecular weight excluding hydrogens is 268 g/mol. The fourth-order valence-electron chi connectivity index (χ4n) is 1.43. The lowest BCUT2D eigenvalue weighted by Gasteiger charge is -2.07. The smallest absolute Gasteiger partial charge is 0.313 e. The molecule has 1 amide bonds. The summed E-state index contributed by atoms with van der Waals surface area (Å²) < 4.78 is 1.53. The molecule has 0 atom stereocenters. The van der Waals surface area contributed by atoms with Crippen molar-refractivity contribution in [3.63, 3.8) is 0 Å². The number of pyridine rings is 1. The van der Waals surface area contributed by atoms with Crippen molar-refractivity contribution < 1.29 is 14.7 Å². The Kier molecular flexibility index (Phi) is 6.14. The van der Waals surface area contributed by atoms with Gasteiger partial charge in [-0.15, -0.1) is 11.8 Å². The number of amides is 1. The van der Waals surface area contributed by atoms with Crippen molar-refractivity contribution >= 4 is 23.6 Å². The maximum Gasteiger partial charge on any atom is 0.313 e. The molecular formula is C12H16N2O4S. The molecule has 0 fully saturated rings. The quantitative estimate of drug-likeness (QED) is 0.741. The van der Waals surface area contributed by atoms with Crippen molar-refractivity contribution in [2.24, 2.45) is 0 Å². The highest BCUT2D eigenvalue weighted by Crippen LogP contribution is 1.97. The molecule has 0 aliphatic rings. The van der Waals surface area contributed by atoms with Gasteiger partial charge >= 0.3 is 5.97 Å². The van der Waals surface area contributed by atoms with E-state index in [1.807, 2.05) is 0 Å². The van der Waals surface area contributed by atoms with E-state index in [1.165, 1.54) is 4.57 Å². The Morgan fingerprint density at radius 3 is 2.84 bits per heavy atom. The molecule has 0 saturated heterocycles. The van der Waals surface area contributed by atoms with Crippen LogP contribution < -0.4 is 10.9 Å². The molecule has 0 radical (unpaired) electrons. The first-order valence-electron chi connectivity index (χ1n) is 5.73. The molecule has 104 valence electrons. The second kappa shape index (κ2) is 7.63. The molecule has 1 aromatic heterocycles. The van der Waals surface area contributed by atoms with Gasteiger partial charge in [-0.3, -0.25) is 14.4 Å². The summed E-state index contributed by atoms with van der Waals surface area (Å²) in [6.45, 7) is 2.48. The summed E-state index contributed by atoms with van der Waals surface area (Å²) in [5, 5.41) is 11.1. The van der Waals surface area contributed by atoms with Gasteiger partial charge in [-0.2, -0.15) is 0 Å². The highest BCUT2D eigenvalue weighted by molar-refractivity contribution is 8.00. The number of hydrogen-bond donors (Lipinski definition) is 2. The van der Waals surface area contributed by atoms with Crippen molar-refractivity contribution in [3.05, 3.63) is 34.2 Å². The van der Waals surface area contributed by atoms with Crippen LogP contribution in [0.25, 0.3) is 0 Å². The van der Waals surface area contributed by atoms with E-state index in [1.54, 1.807) is 25.3 Å². The highest BCUT2D eigenvalue weighted by Gasteiger charge is 2.04. The number of carbonyl (C=O) groups is 2. The van der Waals surface area contributed by atoms with Gasteiger partial charge in [0.2, 0.25) is 5.91 Å². The van der Waals surface area contributed by atoms with Gasteiger partial charge in [-0.25, -0.2) is 0 Å². The van der Waals surface area contributed by atoms with Crippen molar-refractivity contribution in [2.45, 2.75) is 13.5 Å². The molecule has 0 aliphatic heterocycles. The zero-order chi connectivity index (χ0) is 14.3. The number of hydrogen-bond acceptors (Lipinski definition) is 4. The Labute approximate surface area is 114 Å². The molecule has 2 N–H and O–H groups in total. The van der Waals surface area contributed by atoms with E-state index in [0.717, 1.165) is 11.8 Å². The van der Waals surface area contributed by atoms with Crippen molar-refractivity contribution in [3.8, 4) is 0 Å². The van der Waals surface area contributed by atoms with E-state index < -0.39 is 5.97 Å². The average Bonchev–Trinajstić information content (AvgIpc) is 2.34. The second-order valence-electron chi connectivity index (χ2n) is 3.93. The number of aryl methyl sites for hydroxylation is 1. The lowest BCUT2D eigenvalue weighted by molar-refractivity contribution is -0.133. The second-order valence-corrected chi connectivity index (χ2v) is 4.91. The molecule has 0 aromatic carbocycles. The third kappa shape index (κ3) is 5.60. The van der Waals surface area contributed by atoms with Crippen LogP contribution >= 0.6 is 11.8 Å². The van der Waals surface area contributed by atoms with E-state index in [9.17, 15) is 14.4 Å². The van der Waals surface area contributed by atoms with E-state index in [2.05, 4.69) is 5.32 Å². The number of aromatic nitrogens is 1.